The predicted molar refractivity (Wildman–Crippen MR) is 50.6 cm³/mol. The first-order valence-corrected chi connectivity index (χ1v) is 5.29. The summed E-state index contributed by atoms with van der Waals surface area (Å²) in [5.74, 6) is 0.686. The first kappa shape index (κ1) is 9.69. The number of methoxy groups -OCH3 is 1. The van der Waals surface area contributed by atoms with Gasteiger partial charge in [-0.05, 0) is 31.6 Å². The summed E-state index contributed by atoms with van der Waals surface area (Å²) in [4.78, 5) is 22.6. The number of rotatable bonds is 2. The fourth-order valence-corrected chi connectivity index (χ4v) is 2.61. The Labute approximate surface area is 83.8 Å². The summed E-state index contributed by atoms with van der Waals surface area (Å²) in [6.45, 7) is 0. The van der Waals surface area contributed by atoms with Crippen LogP contribution in [0.3, 0.4) is 0 Å². The van der Waals surface area contributed by atoms with Gasteiger partial charge in [-0.1, -0.05) is 0 Å². The number of hydrogen-bond acceptors (Lipinski definition) is 3. The minimum absolute atomic E-state index is 0.0585. The molecule has 0 spiro atoms. The van der Waals surface area contributed by atoms with Gasteiger partial charge in [0.2, 0.25) is 0 Å². The largest absolute Gasteiger partial charge is 0.469 e. The van der Waals surface area contributed by atoms with Crippen molar-refractivity contribution in [3.05, 3.63) is 0 Å². The molecule has 0 unspecified atom stereocenters. The predicted octanol–water partition coefficient (Wildman–Crippen LogP) is 1.70. The molecule has 3 nitrogen and oxygen atoms in total. The van der Waals surface area contributed by atoms with E-state index < -0.39 is 0 Å². The molecule has 2 rings (SSSR count). The zero-order valence-electron chi connectivity index (χ0n) is 8.54. The standard InChI is InChI=1S/C11H16O3/c1-14-10(13)11(6-7-11)8-2-4-9(12)5-3-8/h8H,2-7H2,1H3. The molecule has 0 aliphatic heterocycles. The van der Waals surface area contributed by atoms with E-state index in [9.17, 15) is 9.59 Å². The van der Waals surface area contributed by atoms with Gasteiger partial charge < -0.3 is 4.74 Å². The van der Waals surface area contributed by atoms with Crippen molar-refractivity contribution in [2.24, 2.45) is 11.3 Å². The summed E-state index contributed by atoms with van der Waals surface area (Å²) in [5, 5.41) is 0. The lowest BCUT2D eigenvalue weighted by atomic mass is 9.77. The van der Waals surface area contributed by atoms with E-state index in [4.69, 9.17) is 4.74 Å². The maximum atomic E-state index is 11.6. The third-order valence-corrected chi connectivity index (χ3v) is 3.71. The third-order valence-electron chi connectivity index (χ3n) is 3.71. The number of esters is 1. The van der Waals surface area contributed by atoms with Crippen molar-refractivity contribution in [1.82, 2.24) is 0 Å². The molecule has 0 saturated heterocycles. The first-order valence-electron chi connectivity index (χ1n) is 5.29. The molecule has 78 valence electrons. The lowest BCUT2D eigenvalue weighted by molar-refractivity contribution is -0.150. The molecule has 0 bridgehead atoms. The van der Waals surface area contributed by atoms with E-state index in [0.717, 1.165) is 25.7 Å². The number of hydrogen-bond donors (Lipinski definition) is 0. The molecule has 0 aromatic rings. The normalized spacial score (nSPS) is 25.9. The highest BCUT2D eigenvalue weighted by molar-refractivity contribution is 5.82. The van der Waals surface area contributed by atoms with E-state index in [1.165, 1.54) is 7.11 Å². The molecule has 0 atom stereocenters. The smallest absolute Gasteiger partial charge is 0.312 e. The molecule has 2 aliphatic carbocycles. The van der Waals surface area contributed by atoms with E-state index in [1.54, 1.807) is 0 Å². The Balaban J connectivity index is 2.01. The highest BCUT2D eigenvalue weighted by Crippen LogP contribution is 2.56. The fraction of sp³-hybridized carbons (Fsp3) is 0.818. The minimum atomic E-state index is -0.199. The summed E-state index contributed by atoms with van der Waals surface area (Å²) < 4.78 is 4.83. The average molecular weight is 196 g/mol. The van der Waals surface area contributed by atoms with Crippen molar-refractivity contribution < 1.29 is 14.3 Å². The Bertz CT molecular complexity index is 256. The highest BCUT2D eigenvalue weighted by Gasteiger charge is 2.56. The van der Waals surface area contributed by atoms with Crippen LogP contribution in [0.1, 0.15) is 38.5 Å². The first-order chi connectivity index (χ1) is 6.69. The number of Topliss-reactive ketones (excluding diaryl/α,β-unsaturated/α-hetero) is 1. The molecule has 0 amide bonds. The maximum Gasteiger partial charge on any atom is 0.312 e. The Hall–Kier alpha value is -0.860. The van der Waals surface area contributed by atoms with Crippen molar-refractivity contribution in [2.45, 2.75) is 38.5 Å². The molecule has 0 N–H and O–H groups in total. The Kier molecular flexibility index (Phi) is 2.33. The van der Waals surface area contributed by atoms with Gasteiger partial charge in [0, 0.05) is 12.8 Å². The van der Waals surface area contributed by atoms with Gasteiger partial charge in [-0.3, -0.25) is 9.59 Å². The van der Waals surface area contributed by atoms with Crippen molar-refractivity contribution >= 4 is 11.8 Å². The zero-order valence-corrected chi connectivity index (χ0v) is 8.54. The summed E-state index contributed by atoms with van der Waals surface area (Å²) in [6.07, 6.45) is 4.99. The van der Waals surface area contributed by atoms with Gasteiger partial charge >= 0.3 is 5.97 Å². The number of carbonyl (C=O) groups is 2. The van der Waals surface area contributed by atoms with Gasteiger partial charge in [0.1, 0.15) is 5.78 Å². The van der Waals surface area contributed by atoms with Gasteiger partial charge in [-0.2, -0.15) is 0 Å². The SMILES string of the molecule is COC(=O)C1(C2CCC(=O)CC2)CC1. The van der Waals surface area contributed by atoms with Gasteiger partial charge in [-0.15, -0.1) is 0 Å². The molecule has 2 fully saturated rings. The second-order valence-electron chi connectivity index (χ2n) is 4.46. The van der Waals surface area contributed by atoms with E-state index in [0.29, 0.717) is 24.5 Å². The van der Waals surface area contributed by atoms with Crippen LogP contribution in [0.2, 0.25) is 0 Å². The van der Waals surface area contributed by atoms with Crippen LogP contribution in [0, 0.1) is 11.3 Å². The van der Waals surface area contributed by atoms with Crippen LogP contribution in [0.15, 0.2) is 0 Å². The maximum absolute atomic E-state index is 11.6. The van der Waals surface area contributed by atoms with Gasteiger partial charge in [0.15, 0.2) is 0 Å². The van der Waals surface area contributed by atoms with Crippen LogP contribution in [0.5, 0.6) is 0 Å². The molecule has 2 saturated carbocycles. The third kappa shape index (κ3) is 1.45. The molecule has 0 aromatic carbocycles. The van der Waals surface area contributed by atoms with Crippen LogP contribution in [0.25, 0.3) is 0 Å². The van der Waals surface area contributed by atoms with Crippen molar-refractivity contribution in [3.63, 3.8) is 0 Å². The van der Waals surface area contributed by atoms with E-state index in [1.807, 2.05) is 0 Å². The fourth-order valence-electron chi connectivity index (χ4n) is 2.61. The Morgan fingerprint density at radius 3 is 2.36 bits per heavy atom. The van der Waals surface area contributed by atoms with Crippen LogP contribution in [0.4, 0.5) is 0 Å². The van der Waals surface area contributed by atoms with Crippen LogP contribution in [-0.2, 0) is 14.3 Å². The van der Waals surface area contributed by atoms with Gasteiger partial charge in [0.05, 0.1) is 12.5 Å². The molecule has 0 heterocycles. The quantitative estimate of drug-likeness (QED) is 0.631. The van der Waals surface area contributed by atoms with Crippen molar-refractivity contribution in [3.8, 4) is 0 Å². The molecule has 2 aliphatic rings. The van der Waals surface area contributed by atoms with E-state index in [2.05, 4.69) is 0 Å². The Morgan fingerprint density at radius 1 is 1.36 bits per heavy atom. The van der Waals surface area contributed by atoms with E-state index in [-0.39, 0.29) is 11.4 Å². The number of ether oxygens (including phenoxy) is 1. The van der Waals surface area contributed by atoms with Crippen LogP contribution >= 0.6 is 0 Å². The molecule has 14 heavy (non-hydrogen) atoms. The monoisotopic (exact) mass is 196 g/mol. The summed E-state index contributed by atoms with van der Waals surface area (Å²) in [7, 11) is 1.45. The van der Waals surface area contributed by atoms with E-state index >= 15 is 0 Å². The molecule has 3 heteroatoms. The molecule has 0 radical (unpaired) electrons. The van der Waals surface area contributed by atoms with Crippen LogP contribution < -0.4 is 0 Å². The minimum Gasteiger partial charge on any atom is -0.469 e. The molecular weight excluding hydrogens is 180 g/mol. The molecular formula is C11H16O3. The highest BCUT2D eigenvalue weighted by atomic mass is 16.5. The lowest BCUT2D eigenvalue weighted by Crippen LogP contribution is -2.30. The second kappa shape index (κ2) is 3.37. The van der Waals surface area contributed by atoms with Crippen LogP contribution in [-0.4, -0.2) is 18.9 Å². The molecule has 0 aromatic heterocycles. The average Bonchev–Trinajstić information content (AvgIpc) is 2.99. The second-order valence-corrected chi connectivity index (χ2v) is 4.46. The zero-order chi connectivity index (χ0) is 10.2. The Morgan fingerprint density at radius 2 is 1.93 bits per heavy atom. The summed E-state index contributed by atoms with van der Waals surface area (Å²) in [5.41, 5.74) is -0.199. The topological polar surface area (TPSA) is 43.4 Å². The summed E-state index contributed by atoms with van der Waals surface area (Å²) in [6, 6.07) is 0. The summed E-state index contributed by atoms with van der Waals surface area (Å²) >= 11 is 0. The lowest BCUT2D eigenvalue weighted by Gasteiger charge is -2.27. The van der Waals surface area contributed by atoms with Gasteiger partial charge in [-0.25, -0.2) is 0 Å². The van der Waals surface area contributed by atoms with Gasteiger partial charge in [0.25, 0.3) is 0 Å². The number of carbonyl (C=O) groups excluding carboxylic acids is 2. The van der Waals surface area contributed by atoms with Crippen molar-refractivity contribution in [1.29, 1.82) is 0 Å². The van der Waals surface area contributed by atoms with Crippen molar-refractivity contribution in [2.75, 3.05) is 7.11 Å². The number of ketones is 1.